The van der Waals surface area contributed by atoms with Crippen LogP contribution >= 0.6 is 0 Å². The highest BCUT2D eigenvalue weighted by Crippen LogP contribution is 2.30. The van der Waals surface area contributed by atoms with Gasteiger partial charge in [-0.1, -0.05) is 25.3 Å². The zero-order chi connectivity index (χ0) is 10.8. The molecule has 0 aliphatic heterocycles. The summed E-state index contributed by atoms with van der Waals surface area (Å²) in [5.74, 6) is 0. The Morgan fingerprint density at radius 2 is 2.20 bits per heavy atom. The quantitative estimate of drug-likeness (QED) is 0.698. The van der Waals surface area contributed by atoms with Crippen molar-refractivity contribution in [2.45, 2.75) is 26.3 Å². The molecule has 0 radical (unpaired) electrons. The highest BCUT2D eigenvalue weighted by Gasteiger charge is 2.17. The number of fused-ring (bicyclic) bond motifs is 1. The van der Waals surface area contributed by atoms with Crippen molar-refractivity contribution >= 4 is 18.2 Å². The van der Waals surface area contributed by atoms with Crippen LogP contribution in [0.3, 0.4) is 0 Å². The van der Waals surface area contributed by atoms with Gasteiger partial charge in [0.25, 0.3) is 0 Å². The molecule has 1 aromatic rings. The van der Waals surface area contributed by atoms with Crippen LogP contribution in [0.4, 0.5) is 0 Å². The lowest BCUT2D eigenvalue weighted by atomic mass is 9.99. The standard InChI is InChI=1S/C14H17N/c1-4-11-12-9-7-8-10-14(12)15(6-3)13(11)5-2/h4-5,8,10H,1-2,6-7,9H2,3H3. The van der Waals surface area contributed by atoms with E-state index in [4.69, 9.17) is 0 Å². The molecule has 78 valence electrons. The van der Waals surface area contributed by atoms with Crippen LogP contribution in [0.5, 0.6) is 0 Å². The molecule has 0 amide bonds. The van der Waals surface area contributed by atoms with Gasteiger partial charge < -0.3 is 4.57 Å². The van der Waals surface area contributed by atoms with Gasteiger partial charge >= 0.3 is 0 Å². The molecule has 1 nitrogen and oxygen atoms in total. The first-order chi connectivity index (χ1) is 7.33. The minimum absolute atomic E-state index is 0.988. The Hall–Kier alpha value is -1.50. The summed E-state index contributed by atoms with van der Waals surface area (Å²) in [5, 5.41) is 0. The second-order valence-electron chi connectivity index (χ2n) is 3.76. The summed E-state index contributed by atoms with van der Waals surface area (Å²) in [4.78, 5) is 0. The van der Waals surface area contributed by atoms with Crippen molar-refractivity contribution in [1.29, 1.82) is 0 Å². The van der Waals surface area contributed by atoms with Gasteiger partial charge in [0.05, 0.1) is 0 Å². The molecule has 0 saturated carbocycles. The van der Waals surface area contributed by atoms with E-state index in [9.17, 15) is 0 Å². The third-order valence-electron chi connectivity index (χ3n) is 3.04. The molecule has 0 N–H and O–H groups in total. The van der Waals surface area contributed by atoms with Crippen molar-refractivity contribution in [3.05, 3.63) is 41.7 Å². The van der Waals surface area contributed by atoms with Gasteiger partial charge in [-0.05, 0) is 37.5 Å². The summed E-state index contributed by atoms with van der Waals surface area (Å²) < 4.78 is 2.31. The number of hydrogen-bond acceptors (Lipinski definition) is 0. The van der Waals surface area contributed by atoms with Crippen LogP contribution < -0.4 is 0 Å². The Morgan fingerprint density at radius 3 is 2.80 bits per heavy atom. The molecule has 15 heavy (non-hydrogen) atoms. The number of rotatable bonds is 3. The molecule has 0 aromatic carbocycles. The van der Waals surface area contributed by atoms with Crippen molar-refractivity contribution in [2.75, 3.05) is 0 Å². The Balaban J connectivity index is 2.74. The molecule has 0 unspecified atom stereocenters. The van der Waals surface area contributed by atoms with Crippen molar-refractivity contribution in [3.8, 4) is 0 Å². The molecule has 2 rings (SSSR count). The molecule has 0 atom stereocenters. The Morgan fingerprint density at radius 1 is 1.40 bits per heavy atom. The predicted molar refractivity (Wildman–Crippen MR) is 67.6 cm³/mol. The fourth-order valence-corrected chi connectivity index (χ4v) is 2.40. The van der Waals surface area contributed by atoms with E-state index in [1.54, 1.807) is 0 Å². The highest BCUT2D eigenvalue weighted by atomic mass is 15.0. The average molecular weight is 199 g/mol. The molecule has 1 heterocycles. The van der Waals surface area contributed by atoms with E-state index in [2.05, 4.69) is 36.8 Å². The fraction of sp³-hybridized carbons (Fsp3) is 0.286. The molecule has 1 aliphatic carbocycles. The maximum Gasteiger partial charge on any atom is 0.0481 e. The van der Waals surface area contributed by atoms with E-state index < -0.39 is 0 Å². The van der Waals surface area contributed by atoms with Gasteiger partial charge in [0.1, 0.15) is 0 Å². The van der Waals surface area contributed by atoms with Gasteiger partial charge in [-0.25, -0.2) is 0 Å². The summed E-state index contributed by atoms with van der Waals surface area (Å²) in [6.45, 7) is 11.0. The molecule has 0 spiro atoms. The number of nitrogens with zero attached hydrogens (tertiary/aromatic N) is 1. The maximum absolute atomic E-state index is 3.91. The Kier molecular flexibility index (Phi) is 2.63. The van der Waals surface area contributed by atoms with Crippen LogP contribution in [-0.4, -0.2) is 4.57 Å². The molecular weight excluding hydrogens is 182 g/mol. The number of aromatic nitrogens is 1. The Labute approximate surface area is 91.4 Å². The molecule has 0 bridgehead atoms. The minimum Gasteiger partial charge on any atom is -0.341 e. The van der Waals surface area contributed by atoms with Gasteiger partial charge in [-0.2, -0.15) is 0 Å². The van der Waals surface area contributed by atoms with Crippen LogP contribution in [0, 0.1) is 0 Å². The smallest absolute Gasteiger partial charge is 0.0481 e. The zero-order valence-corrected chi connectivity index (χ0v) is 9.29. The lowest BCUT2D eigenvalue weighted by molar-refractivity contribution is 0.746. The summed E-state index contributed by atoms with van der Waals surface area (Å²) in [6, 6.07) is 0. The summed E-state index contributed by atoms with van der Waals surface area (Å²) in [5.41, 5.74) is 5.26. The second-order valence-corrected chi connectivity index (χ2v) is 3.76. The normalized spacial score (nSPS) is 13.7. The first kappa shape index (κ1) is 10.0. The monoisotopic (exact) mass is 199 g/mol. The number of allylic oxidation sites excluding steroid dienone is 1. The van der Waals surface area contributed by atoms with Crippen LogP contribution in [0.15, 0.2) is 19.2 Å². The van der Waals surface area contributed by atoms with E-state index in [0.717, 1.165) is 19.4 Å². The lowest BCUT2D eigenvalue weighted by Gasteiger charge is -2.09. The van der Waals surface area contributed by atoms with Crippen LogP contribution in [-0.2, 0) is 13.0 Å². The van der Waals surface area contributed by atoms with Gasteiger partial charge in [-0.15, -0.1) is 0 Å². The molecule has 1 aromatic heterocycles. The van der Waals surface area contributed by atoms with Gasteiger partial charge in [0.15, 0.2) is 0 Å². The van der Waals surface area contributed by atoms with Crippen molar-refractivity contribution in [1.82, 2.24) is 4.57 Å². The summed E-state index contributed by atoms with van der Waals surface area (Å²) in [6.07, 6.45) is 10.6. The van der Waals surface area contributed by atoms with Crippen molar-refractivity contribution < 1.29 is 0 Å². The molecule has 1 aliphatic rings. The van der Waals surface area contributed by atoms with Gasteiger partial charge in [0, 0.05) is 23.5 Å². The van der Waals surface area contributed by atoms with Crippen molar-refractivity contribution in [3.63, 3.8) is 0 Å². The fourth-order valence-electron chi connectivity index (χ4n) is 2.40. The zero-order valence-electron chi connectivity index (χ0n) is 9.29. The van der Waals surface area contributed by atoms with Gasteiger partial charge in [0.2, 0.25) is 0 Å². The number of hydrogen-bond donors (Lipinski definition) is 0. The largest absolute Gasteiger partial charge is 0.341 e. The van der Waals surface area contributed by atoms with E-state index in [1.807, 2.05) is 12.2 Å². The van der Waals surface area contributed by atoms with Crippen LogP contribution in [0.2, 0.25) is 0 Å². The minimum atomic E-state index is 0.988. The Bertz CT molecular complexity index is 424. The molecule has 0 saturated heterocycles. The summed E-state index contributed by atoms with van der Waals surface area (Å²) in [7, 11) is 0. The second kappa shape index (κ2) is 3.93. The van der Waals surface area contributed by atoms with E-state index >= 15 is 0 Å². The average Bonchev–Trinajstić information content (AvgIpc) is 2.61. The lowest BCUT2D eigenvalue weighted by Crippen LogP contribution is -2.01. The highest BCUT2D eigenvalue weighted by molar-refractivity contribution is 5.72. The SMILES string of the molecule is C=Cc1c2c(n(CC)c1C=C)C=CCC2. The predicted octanol–water partition coefficient (Wildman–Crippen LogP) is 3.75. The first-order valence-electron chi connectivity index (χ1n) is 5.50. The first-order valence-corrected chi connectivity index (χ1v) is 5.50. The van der Waals surface area contributed by atoms with Crippen LogP contribution in [0.25, 0.3) is 18.2 Å². The topological polar surface area (TPSA) is 4.93 Å². The van der Waals surface area contributed by atoms with Crippen LogP contribution in [0.1, 0.15) is 35.9 Å². The molecule has 1 heteroatoms. The van der Waals surface area contributed by atoms with E-state index in [0.29, 0.717) is 0 Å². The third-order valence-corrected chi connectivity index (χ3v) is 3.04. The van der Waals surface area contributed by atoms with Crippen molar-refractivity contribution in [2.24, 2.45) is 0 Å². The van der Waals surface area contributed by atoms with E-state index in [-0.39, 0.29) is 0 Å². The molecular formula is C14H17N. The third kappa shape index (κ3) is 1.39. The summed E-state index contributed by atoms with van der Waals surface area (Å²) >= 11 is 0. The molecule has 0 fully saturated rings. The maximum atomic E-state index is 3.91. The van der Waals surface area contributed by atoms with Gasteiger partial charge in [-0.3, -0.25) is 0 Å². The van der Waals surface area contributed by atoms with E-state index in [1.165, 1.54) is 22.5 Å².